The average molecular weight is 413 g/mol. The zero-order valence-electron chi connectivity index (χ0n) is 17.7. The van der Waals surface area contributed by atoms with E-state index in [1.807, 2.05) is 36.9 Å². The molecule has 1 saturated heterocycles. The van der Waals surface area contributed by atoms with Crippen molar-refractivity contribution >= 4 is 17.5 Å². The second-order valence-corrected chi connectivity index (χ2v) is 7.61. The van der Waals surface area contributed by atoms with Gasteiger partial charge < -0.3 is 15.0 Å². The van der Waals surface area contributed by atoms with Crippen molar-refractivity contribution in [2.75, 3.05) is 38.0 Å². The molecular formula is C23H28FN3O3. The molecule has 2 aromatic rings. The summed E-state index contributed by atoms with van der Waals surface area (Å²) in [6.45, 7) is 8.29. The van der Waals surface area contributed by atoms with Gasteiger partial charge in [0.15, 0.2) is 6.10 Å². The van der Waals surface area contributed by atoms with E-state index < -0.39 is 6.10 Å². The maximum atomic E-state index is 13.0. The smallest absolute Gasteiger partial charge is 0.263 e. The molecular weight excluding hydrogens is 385 g/mol. The predicted octanol–water partition coefficient (Wildman–Crippen LogP) is 2.99. The van der Waals surface area contributed by atoms with Crippen LogP contribution in [0.1, 0.15) is 18.1 Å². The summed E-state index contributed by atoms with van der Waals surface area (Å²) in [7, 11) is 0. The van der Waals surface area contributed by atoms with E-state index in [0.29, 0.717) is 31.9 Å². The van der Waals surface area contributed by atoms with Gasteiger partial charge in [-0.05, 0) is 62.2 Å². The van der Waals surface area contributed by atoms with Crippen molar-refractivity contribution in [1.29, 1.82) is 0 Å². The van der Waals surface area contributed by atoms with Gasteiger partial charge in [0.05, 0.1) is 6.54 Å². The van der Waals surface area contributed by atoms with E-state index in [0.717, 1.165) is 16.8 Å². The highest BCUT2D eigenvalue weighted by molar-refractivity contribution is 5.93. The normalized spacial score (nSPS) is 15.5. The minimum absolute atomic E-state index is 0.0588. The quantitative estimate of drug-likeness (QED) is 0.791. The molecule has 0 bridgehead atoms. The number of carbonyl (C=O) groups excluding carboxylic acids is 2. The number of amides is 2. The monoisotopic (exact) mass is 413 g/mol. The molecule has 1 atom stereocenters. The lowest BCUT2D eigenvalue weighted by Crippen LogP contribution is -2.53. The summed E-state index contributed by atoms with van der Waals surface area (Å²) in [5, 5.41) is 2.97. The molecule has 160 valence electrons. The molecule has 0 radical (unpaired) electrons. The standard InChI is InChI=1S/C23H28FN3O3/c1-16-5-4-6-21(17(16)2)25-22(28)15-26-11-13-27(14-12-26)23(29)18(3)30-20-9-7-19(24)8-10-20/h4-10,18H,11-15H2,1-3H3,(H,25,28)/t18-/m1/s1. The van der Waals surface area contributed by atoms with Crippen LogP contribution in [0.25, 0.3) is 0 Å². The van der Waals surface area contributed by atoms with E-state index in [2.05, 4.69) is 5.32 Å². The van der Waals surface area contributed by atoms with Gasteiger partial charge in [-0.2, -0.15) is 0 Å². The SMILES string of the molecule is Cc1cccc(NC(=O)CN2CCN(C(=O)[C@@H](C)Oc3ccc(F)cc3)CC2)c1C. The number of hydrogen-bond acceptors (Lipinski definition) is 4. The predicted molar refractivity (Wildman–Crippen MR) is 114 cm³/mol. The van der Waals surface area contributed by atoms with Gasteiger partial charge in [0, 0.05) is 31.9 Å². The number of hydrogen-bond donors (Lipinski definition) is 1. The summed E-state index contributed by atoms with van der Waals surface area (Å²) in [5.41, 5.74) is 3.04. The van der Waals surface area contributed by atoms with Crippen LogP contribution in [-0.4, -0.2) is 60.4 Å². The van der Waals surface area contributed by atoms with E-state index in [1.165, 1.54) is 24.3 Å². The molecule has 2 amide bonds. The number of nitrogens with zero attached hydrogens (tertiary/aromatic N) is 2. The second-order valence-electron chi connectivity index (χ2n) is 7.61. The lowest BCUT2D eigenvalue weighted by atomic mass is 10.1. The third-order valence-electron chi connectivity index (χ3n) is 5.40. The van der Waals surface area contributed by atoms with Crippen molar-refractivity contribution in [1.82, 2.24) is 9.80 Å². The first-order chi connectivity index (χ1) is 14.3. The van der Waals surface area contributed by atoms with Crippen molar-refractivity contribution in [3.63, 3.8) is 0 Å². The zero-order valence-corrected chi connectivity index (χ0v) is 17.7. The molecule has 0 saturated carbocycles. The van der Waals surface area contributed by atoms with Crippen LogP contribution in [0.15, 0.2) is 42.5 Å². The summed E-state index contributed by atoms with van der Waals surface area (Å²) in [6, 6.07) is 11.5. The Hall–Kier alpha value is -2.93. The van der Waals surface area contributed by atoms with E-state index in [-0.39, 0.29) is 24.2 Å². The fourth-order valence-corrected chi connectivity index (χ4v) is 3.43. The Morgan fingerprint density at radius 1 is 1.07 bits per heavy atom. The lowest BCUT2D eigenvalue weighted by molar-refractivity contribution is -0.139. The van der Waals surface area contributed by atoms with Crippen LogP contribution in [0.2, 0.25) is 0 Å². The number of benzene rings is 2. The van der Waals surface area contributed by atoms with Gasteiger partial charge in [-0.15, -0.1) is 0 Å². The van der Waals surface area contributed by atoms with Crippen LogP contribution >= 0.6 is 0 Å². The summed E-state index contributed by atoms with van der Waals surface area (Å²) in [4.78, 5) is 28.8. The highest BCUT2D eigenvalue weighted by Crippen LogP contribution is 2.18. The topological polar surface area (TPSA) is 61.9 Å². The molecule has 1 aliphatic rings. The van der Waals surface area contributed by atoms with E-state index >= 15 is 0 Å². The fourth-order valence-electron chi connectivity index (χ4n) is 3.43. The van der Waals surface area contributed by atoms with Gasteiger partial charge in [0.1, 0.15) is 11.6 Å². The first-order valence-corrected chi connectivity index (χ1v) is 10.1. The molecule has 0 aliphatic carbocycles. The average Bonchev–Trinajstić information content (AvgIpc) is 2.73. The Morgan fingerprint density at radius 3 is 2.40 bits per heavy atom. The third kappa shape index (κ3) is 5.57. The first kappa shape index (κ1) is 21.8. The number of rotatable bonds is 6. The Balaban J connectivity index is 1.45. The van der Waals surface area contributed by atoms with Crippen LogP contribution in [0.3, 0.4) is 0 Å². The van der Waals surface area contributed by atoms with Gasteiger partial charge in [-0.25, -0.2) is 4.39 Å². The van der Waals surface area contributed by atoms with E-state index in [1.54, 1.807) is 11.8 Å². The molecule has 0 spiro atoms. The number of nitrogens with one attached hydrogen (secondary N) is 1. The Labute approximate surface area is 176 Å². The maximum Gasteiger partial charge on any atom is 0.263 e. The minimum Gasteiger partial charge on any atom is -0.481 e. The Morgan fingerprint density at radius 2 is 1.73 bits per heavy atom. The molecule has 30 heavy (non-hydrogen) atoms. The molecule has 6 nitrogen and oxygen atoms in total. The van der Waals surface area contributed by atoms with Gasteiger partial charge >= 0.3 is 0 Å². The highest BCUT2D eigenvalue weighted by atomic mass is 19.1. The zero-order chi connectivity index (χ0) is 21.7. The third-order valence-corrected chi connectivity index (χ3v) is 5.40. The van der Waals surface area contributed by atoms with Crippen molar-refractivity contribution in [3.8, 4) is 5.75 Å². The Bertz CT molecular complexity index is 893. The fraction of sp³-hybridized carbons (Fsp3) is 0.391. The first-order valence-electron chi connectivity index (χ1n) is 10.1. The number of aryl methyl sites for hydroxylation is 1. The molecule has 3 rings (SSSR count). The van der Waals surface area contributed by atoms with Crippen LogP contribution in [0.5, 0.6) is 5.75 Å². The van der Waals surface area contributed by atoms with Gasteiger partial charge in [0.25, 0.3) is 5.91 Å². The summed E-state index contributed by atoms with van der Waals surface area (Å²) in [6.07, 6.45) is -0.658. The largest absolute Gasteiger partial charge is 0.481 e. The van der Waals surface area contributed by atoms with Crippen molar-refractivity contribution in [2.24, 2.45) is 0 Å². The number of ether oxygens (including phenoxy) is 1. The van der Waals surface area contributed by atoms with Gasteiger partial charge in [-0.1, -0.05) is 12.1 Å². The molecule has 1 heterocycles. The van der Waals surface area contributed by atoms with E-state index in [9.17, 15) is 14.0 Å². The lowest BCUT2D eigenvalue weighted by Gasteiger charge is -2.35. The number of piperazine rings is 1. The molecule has 1 fully saturated rings. The molecule has 1 aliphatic heterocycles. The molecule has 2 aromatic carbocycles. The summed E-state index contributed by atoms with van der Waals surface area (Å²) < 4.78 is 18.6. The molecule has 7 heteroatoms. The minimum atomic E-state index is -0.658. The second kappa shape index (κ2) is 9.71. The van der Waals surface area contributed by atoms with Gasteiger partial charge in [0.2, 0.25) is 5.91 Å². The van der Waals surface area contributed by atoms with Crippen molar-refractivity contribution in [3.05, 3.63) is 59.4 Å². The van der Waals surface area contributed by atoms with Crippen molar-refractivity contribution < 1.29 is 18.7 Å². The van der Waals surface area contributed by atoms with Crippen LogP contribution in [0.4, 0.5) is 10.1 Å². The summed E-state index contributed by atoms with van der Waals surface area (Å²) in [5.74, 6) is -0.0617. The number of carbonyl (C=O) groups is 2. The number of halogens is 1. The Kier molecular flexibility index (Phi) is 7.05. The molecule has 0 unspecified atom stereocenters. The molecule has 0 aromatic heterocycles. The van der Waals surface area contributed by atoms with Crippen LogP contribution in [0, 0.1) is 19.7 Å². The van der Waals surface area contributed by atoms with Crippen molar-refractivity contribution in [2.45, 2.75) is 26.9 Å². The van der Waals surface area contributed by atoms with E-state index in [4.69, 9.17) is 4.74 Å². The van der Waals surface area contributed by atoms with Crippen LogP contribution in [-0.2, 0) is 9.59 Å². The molecule has 1 N–H and O–H groups in total. The highest BCUT2D eigenvalue weighted by Gasteiger charge is 2.26. The maximum absolute atomic E-state index is 13.0. The van der Waals surface area contributed by atoms with Gasteiger partial charge in [-0.3, -0.25) is 14.5 Å². The van der Waals surface area contributed by atoms with Crippen LogP contribution < -0.4 is 10.1 Å². The summed E-state index contributed by atoms with van der Waals surface area (Å²) >= 11 is 0. The number of anilines is 1.